The molecule has 28 heavy (non-hydrogen) atoms. The number of hydrogen-bond acceptors (Lipinski definition) is 8. The number of carbonyl (C=O) groups excluding carboxylic acids is 1. The van der Waals surface area contributed by atoms with E-state index in [4.69, 9.17) is 9.47 Å². The quantitative estimate of drug-likeness (QED) is 0.611. The number of rotatable bonds is 5. The Morgan fingerprint density at radius 2 is 2.21 bits per heavy atom. The van der Waals surface area contributed by atoms with Crippen molar-refractivity contribution < 1.29 is 14.3 Å². The summed E-state index contributed by atoms with van der Waals surface area (Å²) in [4.78, 5) is 19.3. The minimum Gasteiger partial charge on any atom is -0.383 e. The van der Waals surface area contributed by atoms with Crippen LogP contribution in [0.2, 0.25) is 0 Å². The first-order chi connectivity index (χ1) is 13.6. The van der Waals surface area contributed by atoms with Crippen molar-refractivity contribution in [2.75, 3.05) is 33.4 Å². The third-order valence-electron chi connectivity index (χ3n) is 4.66. The van der Waals surface area contributed by atoms with Crippen LogP contribution in [0.5, 0.6) is 0 Å². The molecule has 0 spiro atoms. The minimum atomic E-state index is -0.397. The van der Waals surface area contributed by atoms with Crippen LogP contribution < -0.4 is 0 Å². The number of hydrogen-bond donors (Lipinski definition) is 0. The summed E-state index contributed by atoms with van der Waals surface area (Å²) in [5, 5.41) is 16.2. The highest BCUT2D eigenvalue weighted by Crippen LogP contribution is 2.21. The lowest BCUT2D eigenvalue weighted by Crippen LogP contribution is -2.43. The van der Waals surface area contributed by atoms with Gasteiger partial charge in [-0.05, 0) is 30.3 Å². The molecule has 0 bridgehead atoms. The summed E-state index contributed by atoms with van der Waals surface area (Å²) in [6.07, 6.45) is -0.397. The molecular formula is C17H22N8O3. The SMILES string of the molecule is COCCn1nnnc1[C@H]1CN(C(=O)c2cc(C)n3nc(C)cc3n2)CCO1. The number of amides is 1. The molecule has 1 amide bonds. The third-order valence-corrected chi connectivity index (χ3v) is 4.66. The molecule has 1 atom stereocenters. The maximum atomic E-state index is 13.1. The van der Waals surface area contributed by atoms with Gasteiger partial charge in [-0.2, -0.15) is 5.10 Å². The highest BCUT2D eigenvalue weighted by atomic mass is 16.5. The van der Waals surface area contributed by atoms with Crippen LogP contribution in [0.25, 0.3) is 5.65 Å². The highest BCUT2D eigenvalue weighted by Gasteiger charge is 2.30. The second kappa shape index (κ2) is 7.60. The van der Waals surface area contributed by atoms with Gasteiger partial charge < -0.3 is 14.4 Å². The van der Waals surface area contributed by atoms with Gasteiger partial charge in [0.05, 0.1) is 32.0 Å². The van der Waals surface area contributed by atoms with Crippen LogP contribution in [0, 0.1) is 13.8 Å². The Hall–Kier alpha value is -2.92. The van der Waals surface area contributed by atoms with E-state index >= 15 is 0 Å². The number of tetrazole rings is 1. The van der Waals surface area contributed by atoms with E-state index in [1.54, 1.807) is 27.3 Å². The number of aryl methyl sites for hydroxylation is 2. The van der Waals surface area contributed by atoms with Crippen LogP contribution in [0.3, 0.4) is 0 Å². The van der Waals surface area contributed by atoms with Crippen molar-refractivity contribution in [3.8, 4) is 0 Å². The predicted octanol–water partition coefficient (Wildman–Crippen LogP) is 0.193. The molecule has 1 saturated heterocycles. The first-order valence-corrected chi connectivity index (χ1v) is 9.06. The number of aromatic nitrogens is 7. The fourth-order valence-electron chi connectivity index (χ4n) is 3.28. The normalized spacial score (nSPS) is 17.4. The second-order valence-electron chi connectivity index (χ2n) is 6.70. The van der Waals surface area contributed by atoms with E-state index in [1.165, 1.54) is 0 Å². The molecule has 3 aromatic rings. The van der Waals surface area contributed by atoms with Crippen LogP contribution in [-0.4, -0.2) is 79.0 Å². The summed E-state index contributed by atoms with van der Waals surface area (Å²) in [5.41, 5.74) is 2.77. The molecular weight excluding hydrogens is 364 g/mol. The molecule has 1 aliphatic rings. The molecule has 0 N–H and O–H groups in total. The summed E-state index contributed by atoms with van der Waals surface area (Å²) < 4.78 is 14.3. The Morgan fingerprint density at radius 3 is 3.04 bits per heavy atom. The molecule has 4 rings (SSSR count). The first kappa shape index (κ1) is 18.4. The lowest BCUT2D eigenvalue weighted by Gasteiger charge is -2.32. The number of carbonyl (C=O) groups is 1. The van der Waals surface area contributed by atoms with E-state index in [-0.39, 0.29) is 5.91 Å². The highest BCUT2D eigenvalue weighted by molar-refractivity contribution is 5.93. The number of nitrogens with zero attached hydrogens (tertiary/aromatic N) is 8. The van der Waals surface area contributed by atoms with Gasteiger partial charge in [-0.15, -0.1) is 5.10 Å². The smallest absolute Gasteiger partial charge is 0.272 e. The number of fused-ring (bicyclic) bond motifs is 1. The molecule has 3 aromatic heterocycles. The standard InChI is InChI=1S/C17H22N8O3/c1-11-8-15-18-13(9-12(2)25(15)20-11)17(26)23-4-7-28-14(10-23)16-19-21-22-24(16)5-6-27-3/h8-9,14H,4-7,10H2,1-3H3/t14-/m1/s1. The zero-order valence-corrected chi connectivity index (χ0v) is 16.1. The van der Waals surface area contributed by atoms with Gasteiger partial charge in [-0.25, -0.2) is 14.2 Å². The van der Waals surface area contributed by atoms with Crippen molar-refractivity contribution in [1.29, 1.82) is 0 Å². The number of morpholine rings is 1. The van der Waals surface area contributed by atoms with Crippen molar-refractivity contribution in [3.63, 3.8) is 0 Å². The summed E-state index contributed by atoms with van der Waals surface area (Å²) in [6, 6.07) is 3.62. The molecule has 11 heteroatoms. The van der Waals surface area contributed by atoms with Crippen LogP contribution in [0.1, 0.15) is 33.8 Å². The van der Waals surface area contributed by atoms with Crippen molar-refractivity contribution in [3.05, 3.63) is 35.0 Å². The fraction of sp³-hybridized carbons (Fsp3) is 0.529. The Bertz CT molecular complexity index is 998. The molecule has 148 valence electrons. The van der Waals surface area contributed by atoms with Crippen molar-refractivity contribution >= 4 is 11.6 Å². The molecule has 1 fully saturated rings. The molecule has 4 heterocycles. The summed E-state index contributed by atoms with van der Waals surface area (Å²) in [5.74, 6) is 0.439. The molecule has 0 aliphatic carbocycles. The Kier molecular flexibility index (Phi) is 5.01. The molecule has 0 aromatic carbocycles. The van der Waals surface area contributed by atoms with Gasteiger partial charge in [-0.1, -0.05) is 0 Å². The topological polar surface area (TPSA) is 113 Å². The van der Waals surface area contributed by atoms with E-state index in [0.29, 0.717) is 50.0 Å². The van der Waals surface area contributed by atoms with Crippen LogP contribution in [0.4, 0.5) is 0 Å². The Morgan fingerprint density at radius 1 is 1.36 bits per heavy atom. The van der Waals surface area contributed by atoms with Crippen LogP contribution >= 0.6 is 0 Å². The molecule has 0 radical (unpaired) electrons. The zero-order chi connectivity index (χ0) is 19.7. The lowest BCUT2D eigenvalue weighted by molar-refractivity contribution is -0.0293. The zero-order valence-electron chi connectivity index (χ0n) is 16.1. The Labute approximate surface area is 161 Å². The summed E-state index contributed by atoms with van der Waals surface area (Å²) >= 11 is 0. The van der Waals surface area contributed by atoms with Gasteiger partial charge in [0.25, 0.3) is 5.91 Å². The van der Waals surface area contributed by atoms with Crippen molar-refractivity contribution in [2.45, 2.75) is 26.5 Å². The average molecular weight is 386 g/mol. The van der Waals surface area contributed by atoms with Crippen molar-refractivity contribution in [2.24, 2.45) is 0 Å². The van der Waals surface area contributed by atoms with Gasteiger partial charge in [0.1, 0.15) is 11.8 Å². The number of methoxy groups -OCH3 is 1. The van der Waals surface area contributed by atoms with E-state index in [0.717, 1.165) is 11.4 Å². The van der Waals surface area contributed by atoms with Crippen LogP contribution in [-0.2, 0) is 16.0 Å². The van der Waals surface area contributed by atoms with E-state index in [2.05, 4.69) is 25.6 Å². The maximum absolute atomic E-state index is 13.1. The van der Waals surface area contributed by atoms with E-state index in [1.807, 2.05) is 19.9 Å². The monoisotopic (exact) mass is 386 g/mol. The fourth-order valence-corrected chi connectivity index (χ4v) is 3.28. The van der Waals surface area contributed by atoms with Gasteiger partial charge in [0, 0.05) is 25.4 Å². The van der Waals surface area contributed by atoms with Crippen LogP contribution in [0.15, 0.2) is 12.1 Å². The van der Waals surface area contributed by atoms with Gasteiger partial charge in [0.2, 0.25) is 0 Å². The molecule has 0 unspecified atom stereocenters. The van der Waals surface area contributed by atoms with Gasteiger partial charge in [-0.3, -0.25) is 4.79 Å². The molecule has 1 aliphatic heterocycles. The minimum absolute atomic E-state index is 0.145. The Balaban J connectivity index is 1.55. The molecule has 11 nitrogen and oxygen atoms in total. The summed E-state index contributed by atoms with van der Waals surface area (Å²) in [6.45, 7) is 6.06. The van der Waals surface area contributed by atoms with Crippen molar-refractivity contribution in [1.82, 2.24) is 39.7 Å². The maximum Gasteiger partial charge on any atom is 0.272 e. The van der Waals surface area contributed by atoms with E-state index < -0.39 is 6.10 Å². The summed E-state index contributed by atoms with van der Waals surface area (Å²) in [7, 11) is 1.62. The van der Waals surface area contributed by atoms with Gasteiger partial charge in [0.15, 0.2) is 11.5 Å². The van der Waals surface area contributed by atoms with E-state index in [9.17, 15) is 4.79 Å². The average Bonchev–Trinajstić information content (AvgIpc) is 3.31. The number of ether oxygens (including phenoxy) is 2. The second-order valence-corrected chi connectivity index (χ2v) is 6.70. The lowest BCUT2D eigenvalue weighted by atomic mass is 10.2. The molecule has 0 saturated carbocycles. The third kappa shape index (κ3) is 3.45. The predicted molar refractivity (Wildman–Crippen MR) is 96.8 cm³/mol. The van der Waals surface area contributed by atoms with Gasteiger partial charge >= 0.3 is 0 Å². The first-order valence-electron chi connectivity index (χ1n) is 9.06. The largest absolute Gasteiger partial charge is 0.383 e.